The smallest absolute Gasteiger partial charge is 0.241 e. The Balaban J connectivity index is 0.00000392. The van der Waals surface area contributed by atoms with Crippen molar-refractivity contribution in [1.82, 2.24) is 15.4 Å². The number of carbonyl (C=O) groups excluding carboxylic acids is 1. The number of amides is 1. The first-order valence-electron chi connectivity index (χ1n) is 9.64. The lowest BCUT2D eigenvalue weighted by Crippen LogP contribution is -2.47. The van der Waals surface area contributed by atoms with E-state index in [-0.39, 0.29) is 37.3 Å². The first-order chi connectivity index (χ1) is 12.5. The van der Waals surface area contributed by atoms with Crippen LogP contribution in [0.3, 0.4) is 0 Å². The first-order valence-corrected chi connectivity index (χ1v) is 11.1. The van der Waals surface area contributed by atoms with Crippen LogP contribution in [0.2, 0.25) is 0 Å². The zero-order valence-corrected chi connectivity index (χ0v) is 19.4. The fourth-order valence-electron chi connectivity index (χ4n) is 3.80. The number of nitrogens with one attached hydrogen (secondary N) is 3. The molecule has 1 aromatic rings. The second-order valence-electron chi connectivity index (χ2n) is 7.75. The van der Waals surface area contributed by atoms with Crippen LogP contribution in [0.25, 0.3) is 0 Å². The van der Waals surface area contributed by atoms with Gasteiger partial charge in [-0.2, -0.15) is 0 Å². The molecule has 1 aliphatic rings. The first kappa shape index (κ1) is 24.9. The van der Waals surface area contributed by atoms with Gasteiger partial charge in [-0.25, -0.2) is 13.1 Å². The summed E-state index contributed by atoms with van der Waals surface area (Å²) in [6, 6.07) is 0.554. The Bertz CT molecular complexity index is 795. The number of carbonyl (C=O) groups is 1. The van der Waals surface area contributed by atoms with Gasteiger partial charge in [0.25, 0.3) is 0 Å². The minimum atomic E-state index is -3.66. The van der Waals surface area contributed by atoms with Crippen LogP contribution in [0.4, 0.5) is 0 Å². The fraction of sp³-hybridized carbons (Fsp3) is 0.650. The van der Waals surface area contributed by atoms with Crippen molar-refractivity contribution in [2.24, 2.45) is 0 Å². The number of hydrogen-bond acceptors (Lipinski definition) is 4. The largest absolute Gasteiger partial charge is 0.353 e. The third-order valence-corrected chi connectivity index (χ3v) is 7.57. The molecule has 1 aliphatic heterocycles. The summed E-state index contributed by atoms with van der Waals surface area (Å²) in [5.74, 6) is -0.110. The van der Waals surface area contributed by atoms with Crippen LogP contribution in [-0.2, 0) is 14.8 Å². The number of rotatable bonds is 6. The van der Waals surface area contributed by atoms with Crippen molar-refractivity contribution in [3.63, 3.8) is 0 Å². The standard InChI is InChI=1S/C20H33N3O3S.ClH/c1-12-11-18(7-9-21-12)23-19(24)8-10-22-27(25,26)20-16(5)14(3)13(2)15(4)17(20)6;/h12,18,21-22H,7-11H2,1-6H3,(H,23,24);1H. The van der Waals surface area contributed by atoms with Gasteiger partial charge in [0, 0.05) is 25.0 Å². The maximum Gasteiger partial charge on any atom is 0.241 e. The molecule has 0 radical (unpaired) electrons. The molecule has 0 bridgehead atoms. The lowest BCUT2D eigenvalue weighted by molar-refractivity contribution is -0.121. The summed E-state index contributed by atoms with van der Waals surface area (Å²) in [4.78, 5) is 12.5. The molecule has 28 heavy (non-hydrogen) atoms. The van der Waals surface area contributed by atoms with Crippen molar-refractivity contribution in [2.75, 3.05) is 13.1 Å². The summed E-state index contributed by atoms with van der Waals surface area (Å²) in [6.07, 6.45) is 1.94. The van der Waals surface area contributed by atoms with Gasteiger partial charge in [-0.15, -0.1) is 12.4 Å². The minimum absolute atomic E-state index is 0. The maximum absolute atomic E-state index is 12.9. The SMILES string of the molecule is Cc1c(C)c(C)c(S(=O)(=O)NCCC(=O)NC2CCNC(C)C2)c(C)c1C.Cl. The summed E-state index contributed by atoms with van der Waals surface area (Å²) >= 11 is 0. The van der Waals surface area contributed by atoms with Crippen molar-refractivity contribution in [3.05, 3.63) is 27.8 Å². The van der Waals surface area contributed by atoms with E-state index < -0.39 is 10.0 Å². The summed E-state index contributed by atoms with van der Waals surface area (Å²) in [7, 11) is -3.66. The summed E-state index contributed by atoms with van der Waals surface area (Å²) < 4.78 is 28.3. The van der Waals surface area contributed by atoms with Crippen LogP contribution >= 0.6 is 12.4 Å². The van der Waals surface area contributed by atoms with E-state index >= 15 is 0 Å². The predicted molar refractivity (Wildman–Crippen MR) is 116 cm³/mol. The molecule has 2 rings (SSSR count). The van der Waals surface area contributed by atoms with Crippen molar-refractivity contribution < 1.29 is 13.2 Å². The Labute approximate surface area is 175 Å². The molecule has 8 heteroatoms. The van der Waals surface area contributed by atoms with Gasteiger partial charge < -0.3 is 10.6 Å². The van der Waals surface area contributed by atoms with Crippen molar-refractivity contribution in [3.8, 4) is 0 Å². The second-order valence-corrected chi connectivity index (χ2v) is 9.45. The molecule has 3 N–H and O–H groups in total. The van der Waals surface area contributed by atoms with E-state index in [9.17, 15) is 13.2 Å². The van der Waals surface area contributed by atoms with Crippen LogP contribution in [0.5, 0.6) is 0 Å². The molecule has 1 aromatic carbocycles. The van der Waals surface area contributed by atoms with E-state index in [0.29, 0.717) is 10.9 Å². The Morgan fingerprint density at radius 2 is 1.57 bits per heavy atom. The van der Waals surface area contributed by atoms with Gasteiger partial charge in [-0.3, -0.25) is 4.79 Å². The van der Waals surface area contributed by atoms with Gasteiger partial charge in [0.05, 0.1) is 4.90 Å². The highest BCUT2D eigenvalue weighted by Crippen LogP contribution is 2.29. The highest BCUT2D eigenvalue weighted by molar-refractivity contribution is 7.89. The number of piperidine rings is 1. The summed E-state index contributed by atoms with van der Waals surface area (Å²) in [5, 5.41) is 6.36. The van der Waals surface area contributed by atoms with Gasteiger partial charge in [0.15, 0.2) is 0 Å². The van der Waals surface area contributed by atoms with Gasteiger partial charge >= 0.3 is 0 Å². The average Bonchev–Trinajstić information content (AvgIpc) is 2.58. The molecule has 160 valence electrons. The molecule has 0 saturated carbocycles. The minimum Gasteiger partial charge on any atom is -0.353 e. The van der Waals surface area contributed by atoms with Crippen LogP contribution in [-0.4, -0.2) is 39.5 Å². The summed E-state index contributed by atoms with van der Waals surface area (Å²) in [6.45, 7) is 12.7. The summed E-state index contributed by atoms with van der Waals surface area (Å²) in [5.41, 5.74) is 4.67. The van der Waals surface area contributed by atoms with Gasteiger partial charge in [-0.05, 0) is 88.7 Å². The van der Waals surface area contributed by atoms with Crippen molar-refractivity contribution in [1.29, 1.82) is 0 Å². The number of sulfonamides is 1. The molecule has 1 amide bonds. The highest BCUT2D eigenvalue weighted by atomic mass is 35.5. The van der Waals surface area contributed by atoms with Crippen LogP contribution < -0.4 is 15.4 Å². The Morgan fingerprint density at radius 3 is 2.11 bits per heavy atom. The van der Waals surface area contributed by atoms with E-state index in [2.05, 4.69) is 22.3 Å². The molecular formula is C20H34ClN3O3S. The predicted octanol–water partition coefficient (Wildman–Crippen LogP) is 2.58. The third kappa shape index (κ3) is 5.69. The monoisotopic (exact) mass is 431 g/mol. The Morgan fingerprint density at radius 1 is 1.04 bits per heavy atom. The normalized spacial score (nSPS) is 19.8. The molecule has 2 unspecified atom stereocenters. The van der Waals surface area contributed by atoms with E-state index in [1.807, 2.05) is 34.6 Å². The quantitative estimate of drug-likeness (QED) is 0.646. The van der Waals surface area contributed by atoms with Crippen molar-refractivity contribution >= 4 is 28.3 Å². The number of benzene rings is 1. The number of hydrogen-bond donors (Lipinski definition) is 3. The zero-order valence-electron chi connectivity index (χ0n) is 17.7. The molecule has 1 heterocycles. The third-order valence-electron chi connectivity index (χ3n) is 5.83. The average molecular weight is 432 g/mol. The molecule has 0 spiro atoms. The van der Waals surface area contributed by atoms with Crippen molar-refractivity contribution in [2.45, 2.75) is 77.8 Å². The molecule has 6 nitrogen and oxygen atoms in total. The zero-order chi connectivity index (χ0) is 20.4. The van der Waals surface area contributed by atoms with Gasteiger partial charge in [0.2, 0.25) is 15.9 Å². The molecular weight excluding hydrogens is 398 g/mol. The second kappa shape index (κ2) is 10.1. The maximum atomic E-state index is 12.9. The van der Waals surface area contributed by atoms with E-state index in [0.717, 1.165) is 47.2 Å². The van der Waals surface area contributed by atoms with E-state index in [1.54, 1.807) is 0 Å². The van der Waals surface area contributed by atoms with E-state index in [4.69, 9.17) is 0 Å². The van der Waals surface area contributed by atoms with Gasteiger partial charge in [0.1, 0.15) is 0 Å². The molecule has 1 fully saturated rings. The Kier molecular flexibility index (Phi) is 8.93. The van der Waals surface area contributed by atoms with Crippen LogP contribution in [0.1, 0.15) is 54.0 Å². The Hall–Kier alpha value is -1.15. The topological polar surface area (TPSA) is 87.3 Å². The fourth-order valence-corrected chi connectivity index (χ4v) is 5.43. The van der Waals surface area contributed by atoms with Crippen LogP contribution in [0, 0.1) is 34.6 Å². The molecule has 0 aliphatic carbocycles. The van der Waals surface area contributed by atoms with Crippen LogP contribution in [0.15, 0.2) is 4.90 Å². The van der Waals surface area contributed by atoms with E-state index in [1.165, 1.54) is 0 Å². The number of halogens is 1. The molecule has 1 saturated heterocycles. The molecule has 0 aromatic heterocycles. The molecule has 2 atom stereocenters. The van der Waals surface area contributed by atoms with Gasteiger partial charge in [-0.1, -0.05) is 0 Å². The lowest BCUT2D eigenvalue weighted by atomic mass is 9.95. The highest BCUT2D eigenvalue weighted by Gasteiger charge is 2.24. The lowest BCUT2D eigenvalue weighted by Gasteiger charge is -2.28.